The fraction of sp³-hybridized carbons (Fsp3) is 0.200. The van der Waals surface area contributed by atoms with E-state index < -0.39 is 23.5 Å². The number of alkyl halides is 3. The van der Waals surface area contributed by atoms with E-state index in [1.54, 1.807) is 36.1 Å². The highest BCUT2D eigenvalue weighted by molar-refractivity contribution is 6.37. The van der Waals surface area contributed by atoms with Crippen molar-refractivity contribution in [1.29, 1.82) is 0 Å². The summed E-state index contributed by atoms with van der Waals surface area (Å²) in [6.45, 7) is -0.0109. The highest BCUT2D eigenvalue weighted by atomic mass is 35.5. The molecule has 2 aromatic heterocycles. The molecule has 3 heterocycles. The van der Waals surface area contributed by atoms with Gasteiger partial charge in [-0.15, -0.1) is 0 Å². The molecule has 0 spiro atoms. The topological polar surface area (TPSA) is 75.7 Å². The summed E-state index contributed by atoms with van der Waals surface area (Å²) in [6, 6.07) is 9.14. The molecule has 1 aliphatic rings. The summed E-state index contributed by atoms with van der Waals surface area (Å²) in [5.41, 5.74) is 0.0425. The zero-order chi connectivity index (χ0) is 25.4. The van der Waals surface area contributed by atoms with Crippen molar-refractivity contribution >= 4 is 22.6 Å². The third kappa shape index (κ3) is 4.64. The first-order chi connectivity index (χ1) is 17.2. The highest BCUT2D eigenvalue weighted by Crippen LogP contribution is 2.39. The van der Waals surface area contributed by atoms with Crippen molar-refractivity contribution in [2.75, 3.05) is 6.61 Å². The Balaban J connectivity index is 1.58. The molecule has 0 radical (unpaired) electrons. The van der Waals surface area contributed by atoms with Crippen LogP contribution < -0.4 is 10.2 Å². The summed E-state index contributed by atoms with van der Waals surface area (Å²) in [7, 11) is 1.75. The van der Waals surface area contributed by atoms with E-state index in [-0.39, 0.29) is 46.1 Å². The second kappa shape index (κ2) is 9.27. The number of ether oxygens (including phenoxy) is 3. The molecule has 0 atom stereocenters. The van der Waals surface area contributed by atoms with Crippen LogP contribution in [0.2, 0.25) is 5.02 Å². The standard InChI is InChI=1S/C25H18ClF3N2O5/c1-31-8-6-18(30-31)15-4-5-16-19(32)13-21(36-24(16)23(15)26)17-3-2-14(25(27,28)29)12-20(17)33-9-7-22-34-10-11-35-22/h2-6,8,10-13,22H,7,9H2,1H3. The molecule has 0 N–H and O–H groups in total. The number of hydrogen-bond acceptors (Lipinski definition) is 6. The van der Waals surface area contributed by atoms with Gasteiger partial charge < -0.3 is 18.6 Å². The van der Waals surface area contributed by atoms with Crippen LogP contribution in [0.1, 0.15) is 12.0 Å². The van der Waals surface area contributed by atoms with Gasteiger partial charge in [0.25, 0.3) is 0 Å². The Kier molecular flexibility index (Phi) is 6.13. The van der Waals surface area contributed by atoms with Crippen molar-refractivity contribution in [3.05, 3.63) is 82.0 Å². The zero-order valence-electron chi connectivity index (χ0n) is 18.7. The first-order valence-electron chi connectivity index (χ1n) is 10.8. The molecule has 2 aromatic carbocycles. The van der Waals surface area contributed by atoms with Gasteiger partial charge in [0.2, 0.25) is 6.29 Å². The van der Waals surface area contributed by atoms with Crippen molar-refractivity contribution in [3.63, 3.8) is 0 Å². The van der Waals surface area contributed by atoms with Gasteiger partial charge in [0.05, 0.1) is 40.3 Å². The number of halogens is 4. The minimum absolute atomic E-state index is 0.00586. The average molecular weight is 519 g/mol. The number of fused-ring (bicyclic) bond motifs is 1. The Morgan fingerprint density at radius 3 is 2.53 bits per heavy atom. The SMILES string of the molecule is Cn1ccc(-c2ccc3c(=O)cc(-c4ccc(C(F)(F)F)cc4OCCC4OC=CO4)oc3c2Cl)n1. The molecular weight excluding hydrogens is 501 g/mol. The fourth-order valence-electron chi connectivity index (χ4n) is 3.77. The number of aryl methyl sites for hydroxylation is 1. The lowest BCUT2D eigenvalue weighted by molar-refractivity contribution is -0.137. The van der Waals surface area contributed by atoms with Crippen molar-refractivity contribution in [2.45, 2.75) is 18.9 Å². The monoisotopic (exact) mass is 518 g/mol. The summed E-state index contributed by atoms with van der Waals surface area (Å²) >= 11 is 6.60. The Hall–Kier alpha value is -3.92. The lowest BCUT2D eigenvalue weighted by atomic mass is 10.1. The molecule has 0 unspecified atom stereocenters. The Morgan fingerprint density at radius 2 is 1.83 bits per heavy atom. The largest absolute Gasteiger partial charge is 0.493 e. The van der Waals surface area contributed by atoms with Crippen LogP contribution in [0.5, 0.6) is 5.75 Å². The summed E-state index contributed by atoms with van der Waals surface area (Å²) in [5, 5.41) is 4.70. The molecule has 7 nitrogen and oxygen atoms in total. The molecule has 0 amide bonds. The van der Waals surface area contributed by atoms with Crippen molar-refractivity contribution < 1.29 is 31.8 Å². The van der Waals surface area contributed by atoms with Crippen LogP contribution in [0.3, 0.4) is 0 Å². The molecule has 186 valence electrons. The molecule has 1 aliphatic heterocycles. The van der Waals surface area contributed by atoms with Gasteiger partial charge in [0.15, 0.2) is 11.0 Å². The van der Waals surface area contributed by atoms with Crippen LogP contribution in [0.25, 0.3) is 33.6 Å². The molecule has 4 aromatic rings. The van der Waals surface area contributed by atoms with E-state index in [0.717, 1.165) is 12.1 Å². The molecule has 36 heavy (non-hydrogen) atoms. The van der Waals surface area contributed by atoms with Crippen LogP contribution in [0.15, 0.2) is 70.4 Å². The lowest BCUT2D eigenvalue weighted by Crippen LogP contribution is -2.13. The van der Waals surface area contributed by atoms with Gasteiger partial charge >= 0.3 is 6.18 Å². The number of nitrogens with zero attached hydrogens (tertiary/aromatic N) is 2. The van der Waals surface area contributed by atoms with Crippen molar-refractivity contribution in [1.82, 2.24) is 9.78 Å². The number of aromatic nitrogens is 2. The normalized spacial score (nSPS) is 13.7. The van der Waals surface area contributed by atoms with Crippen LogP contribution in [-0.4, -0.2) is 22.7 Å². The third-order valence-electron chi connectivity index (χ3n) is 5.53. The van der Waals surface area contributed by atoms with Gasteiger partial charge in [-0.05, 0) is 30.3 Å². The van der Waals surface area contributed by atoms with Crippen molar-refractivity contribution in [3.8, 4) is 28.3 Å². The first kappa shape index (κ1) is 23.8. The molecular formula is C25H18ClF3N2O5. The van der Waals surface area contributed by atoms with Gasteiger partial charge in [-0.2, -0.15) is 18.3 Å². The smallest absolute Gasteiger partial charge is 0.416 e. The minimum Gasteiger partial charge on any atom is -0.493 e. The van der Waals surface area contributed by atoms with Gasteiger partial charge in [-0.3, -0.25) is 9.48 Å². The summed E-state index contributed by atoms with van der Waals surface area (Å²) in [4.78, 5) is 12.9. The predicted octanol–water partition coefficient (Wildman–Crippen LogP) is 6.15. The predicted molar refractivity (Wildman–Crippen MR) is 125 cm³/mol. The maximum Gasteiger partial charge on any atom is 0.416 e. The molecule has 5 rings (SSSR count). The Labute approximate surface area is 207 Å². The van der Waals surface area contributed by atoms with E-state index in [1.807, 2.05) is 0 Å². The van der Waals surface area contributed by atoms with E-state index >= 15 is 0 Å². The molecule has 0 saturated carbocycles. The van der Waals surface area contributed by atoms with Gasteiger partial charge in [0.1, 0.15) is 24.0 Å². The molecule has 11 heteroatoms. The fourth-order valence-corrected chi connectivity index (χ4v) is 4.07. The number of rotatable bonds is 6. The van der Waals surface area contributed by atoms with Crippen LogP contribution in [0.4, 0.5) is 13.2 Å². The second-order valence-electron chi connectivity index (χ2n) is 7.97. The maximum absolute atomic E-state index is 13.4. The van der Waals surface area contributed by atoms with Gasteiger partial charge in [0, 0.05) is 24.9 Å². The van der Waals surface area contributed by atoms with Crippen LogP contribution in [-0.2, 0) is 22.7 Å². The number of benzene rings is 2. The minimum atomic E-state index is -4.59. The van der Waals surface area contributed by atoms with Gasteiger partial charge in [-0.25, -0.2) is 0 Å². The first-order valence-corrected chi connectivity index (χ1v) is 11.2. The maximum atomic E-state index is 13.4. The second-order valence-corrected chi connectivity index (χ2v) is 8.35. The summed E-state index contributed by atoms with van der Waals surface area (Å²) in [6.07, 6.45) is -0.458. The molecule has 0 fully saturated rings. The molecule has 0 bridgehead atoms. The lowest BCUT2D eigenvalue weighted by Gasteiger charge is -2.16. The van der Waals surface area contributed by atoms with Crippen molar-refractivity contribution in [2.24, 2.45) is 7.05 Å². The Morgan fingerprint density at radius 1 is 1.08 bits per heavy atom. The highest BCUT2D eigenvalue weighted by Gasteiger charge is 2.32. The van der Waals surface area contributed by atoms with Gasteiger partial charge in [-0.1, -0.05) is 17.7 Å². The molecule has 0 aliphatic carbocycles. The van der Waals surface area contributed by atoms with E-state index in [0.29, 0.717) is 11.3 Å². The van der Waals surface area contributed by atoms with Crippen LogP contribution >= 0.6 is 11.6 Å². The van der Waals surface area contributed by atoms with E-state index in [9.17, 15) is 18.0 Å². The average Bonchev–Trinajstić information content (AvgIpc) is 3.51. The number of hydrogen-bond donors (Lipinski definition) is 0. The summed E-state index contributed by atoms with van der Waals surface area (Å²) < 4.78 is 63.8. The van der Waals surface area contributed by atoms with E-state index in [1.165, 1.54) is 24.7 Å². The molecule has 0 saturated heterocycles. The Bertz CT molecular complexity index is 1520. The quantitative estimate of drug-likeness (QED) is 0.305. The van der Waals surface area contributed by atoms with E-state index in [2.05, 4.69) is 5.10 Å². The van der Waals surface area contributed by atoms with E-state index in [4.69, 9.17) is 30.2 Å². The summed E-state index contributed by atoms with van der Waals surface area (Å²) in [5.74, 6) is -0.110. The van der Waals surface area contributed by atoms with Crippen LogP contribution in [0, 0.1) is 0 Å². The zero-order valence-corrected chi connectivity index (χ0v) is 19.5. The third-order valence-corrected chi connectivity index (χ3v) is 5.90.